The molecule has 33 heavy (non-hydrogen) atoms. The first-order chi connectivity index (χ1) is 15.5. The molecule has 1 aliphatic rings. The van der Waals surface area contributed by atoms with E-state index in [0.29, 0.717) is 48.4 Å². The van der Waals surface area contributed by atoms with Gasteiger partial charge in [-0.15, -0.1) is 0 Å². The van der Waals surface area contributed by atoms with Crippen LogP contribution in [0.15, 0.2) is 24.5 Å². The lowest BCUT2D eigenvalue weighted by molar-refractivity contribution is -0.118. The van der Waals surface area contributed by atoms with Crippen molar-refractivity contribution in [1.29, 1.82) is 0 Å². The molecule has 0 aliphatic carbocycles. The van der Waals surface area contributed by atoms with E-state index in [4.69, 9.17) is 4.74 Å². The maximum atomic E-state index is 14.2. The summed E-state index contributed by atoms with van der Waals surface area (Å²) >= 11 is 0. The van der Waals surface area contributed by atoms with Gasteiger partial charge >= 0.3 is 10.2 Å². The van der Waals surface area contributed by atoms with Gasteiger partial charge < -0.3 is 4.74 Å². The fourth-order valence-corrected chi connectivity index (χ4v) is 5.72. The third-order valence-electron chi connectivity index (χ3n) is 5.84. The van der Waals surface area contributed by atoms with E-state index < -0.39 is 16.1 Å². The molecule has 10 heteroatoms. The van der Waals surface area contributed by atoms with E-state index in [1.807, 2.05) is 27.7 Å². The standard InChI is InChI=1S/C23H33FN4O4S/c1-15(2)20-10-17(24)11-21(16(3)4)22(20)12-23(29)26-33(30,31)28(18-6-8-32-9-7-18)19-13-25-27(5)14-19/h10-11,13-16,18H,6-9,12H2,1-5H3,(H,26,29). The quantitative estimate of drug-likeness (QED) is 0.625. The number of anilines is 1. The van der Waals surface area contributed by atoms with E-state index in [0.717, 1.165) is 0 Å². The summed E-state index contributed by atoms with van der Waals surface area (Å²) in [6, 6.07) is 2.51. The van der Waals surface area contributed by atoms with Crippen LogP contribution >= 0.6 is 0 Å². The molecule has 0 atom stereocenters. The van der Waals surface area contributed by atoms with Gasteiger partial charge in [0.25, 0.3) is 0 Å². The van der Waals surface area contributed by atoms with E-state index in [2.05, 4.69) is 9.82 Å². The number of aromatic nitrogens is 2. The smallest absolute Gasteiger partial charge is 0.326 e. The first-order valence-corrected chi connectivity index (χ1v) is 12.7. The van der Waals surface area contributed by atoms with Gasteiger partial charge in [0.15, 0.2) is 0 Å². The van der Waals surface area contributed by atoms with Crippen molar-refractivity contribution in [3.63, 3.8) is 0 Å². The van der Waals surface area contributed by atoms with Crippen LogP contribution < -0.4 is 9.03 Å². The average Bonchev–Trinajstić information content (AvgIpc) is 3.14. The van der Waals surface area contributed by atoms with Crippen molar-refractivity contribution >= 4 is 21.8 Å². The summed E-state index contributed by atoms with van der Waals surface area (Å²) in [6.07, 6.45) is 3.93. The number of ether oxygens (including phenoxy) is 1. The number of amides is 1. The second-order valence-electron chi connectivity index (χ2n) is 9.09. The minimum Gasteiger partial charge on any atom is -0.381 e. The summed E-state index contributed by atoms with van der Waals surface area (Å²) < 4.78 is 51.4. The summed E-state index contributed by atoms with van der Waals surface area (Å²) in [4.78, 5) is 13.0. The first-order valence-electron chi connectivity index (χ1n) is 11.2. The predicted molar refractivity (Wildman–Crippen MR) is 125 cm³/mol. The van der Waals surface area contributed by atoms with Gasteiger partial charge in [-0.1, -0.05) is 27.7 Å². The largest absolute Gasteiger partial charge is 0.381 e. The Morgan fingerprint density at radius 1 is 1.21 bits per heavy atom. The molecule has 1 amide bonds. The lowest BCUT2D eigenvalue weighted by Gasteiger charge is -2.33. The van der Waals surface area contributed by atoms with Gasteiger partial charge in [-0.05, 0) is 53.5 Å². The summed E-state index contributed by atoms with van der Waals surface area (Å²) in [7, 11) is -2.50. The van der Waals surface area contributed by atoms with Crippen molar-refractivity contribution in [1.82, 2.24) is 14.5 Å². The van der Waals surface area contributed by atoms with Crippen LogP contribution in [0.1, 0.15) is 69.1 Å². The Labute approximate surface area is 195 Å². The summed E-state index contributed by atoms with van der Waals surface area (Å²) in [6.45, 7) is 8.57. The number of rotatable bonds is 8. The van der Waals surface area contributed by atoms with Gasteiger partial charge in [0.1, 0.15) is 5.82 Å². The first kappa shape index (κ1) is 25.2. The molecule has 1 fully saturated rings. The molecule has 0 spiro atoms. The minimum absolute atomic E-state index is 0.0215. The predicted octanol–water partition coefficient (Wildman–Crippen LogP) is 3.40. The topological polar surface area (TPSA) is 93.5 Å². The number of benzene rings is 1. The Bertz CT molecular complexity index is 1060. The Hall–Kier alpha value is -2.46. The highest BCUT2D eigenvalue weighted by atomic mass is 32.2. The van der Waals surface area contributed by atoms with Crippen LogP contribution in [0.25, 0.3) is 0 Å². The van der Waals surface area contributed by atoms with Gasteiger partial charge in [-0.25, -0.2) is 13.4 Å². The van der Waals surface area contributed by atoms with Crippen molar-refractivity contribution in [3.05, 3.63) is 47.0 Å². The van der Waals surface area contributed by atoms with Crippen LogP contribution in [-0.4, -0.2) is 43.4 Å². The zero-order valence-corrected chi connectivity index (χ0v) is 20.7. The third-order valence-corrected chi connectivity index (χ3v) is 7.35. The average molecular weight is 481 g/mol. The maximum Gasteiger partial charge on any atom is 0.326 e. The zero-order valence-electron chi connectivity index (χ0n) is 19.8. The lowest BCUT2D eigenvalue weighted by Crippen LogP contribution is -2.50. The summed E-state index contributed by atoms with van der Waals surface area (Å²) in [5.41, 5.74) is 2.48. The highest BCUT2D eigenvalue weighted by molar-refractivity contribution is 7.91. The Morgan fingerprint density at radius 3 is 2.27 bits per heavy atom. The van der Waals surface area contributed by atoms with Crippen molar-refractivity contribution in [3.8, 4) is 0 Å². The van der Waals surface area contributed by atoms with Crippen LogP contribution in [0.5, 0.6) is 0 Å². The SMILES string of the molecule is CC(C)c1cc(F)cc(C(C)C)c1CC(=O)NS(=O)(=O)N(c1cnn(C)c1)C1CCOCC1. The zero-order chi connectivity index (χ0) is 24.3. The van der Waals surface area contributed by atoms with E-state index in [-0.39, 0.29) is 30.1 Å². The van der Waals surface area contributed by atoms with Crippen LogP contribution in [0.4, 0.5) is 10.1 Å². The fraction of sp³-hybridized carbons (Fsp3) is 0.565. The maximum absolute atomic E-state index is 14.2. The molecule has 3 rings (SSSR count). The van der Waals surface area contributed by atoms with Gasteiger partial charge in [0, 0.05) is 26.5 Å². The van der Waals surface area contributed by atoms with Gasteiger partial charge in [0.05, 0.1) is 24.3 Å². The lowest BCUT2D eigenvalue weighted by atomic mass is 9.87. The molecule has 1 aromatic carbocycles. The number of nitrogens with one attached hydrogen (secondary N) is 1. The number of aryl methyl sites for hydroxylation is 1. The van der Waals surface area contributed by atoms with Gasteiger partial charge in [0.2, 0.25) is 5.91 Å². The normalized spacial score (nSPS) is 15.3. The van der Waals surface area contributed by atoms with Crippen LogP contribution in [-0.2, 0) is 33.2 Å². The molecule has 2 heterocycles. The van der Waals surface area contributed by atoms with Crippen molar-refractivity contribution in [2.75, 3.05) is 17.5 Å². The molecule has 8 nitrogen and oxygen atoms in total. The van der Waals surface area contributed by atoms with Crippen LogP contribution in [0, 0.1) is 5.82 Å². The number of nitrogens with zero attached hydrogens (tertiary/aromatic N) is 3. The van der Waals surface area contributed by atoms with Gasteiger partial charge in [-0.3, -0.25) is 9.48 Å². The number of hydrogen-bond acceptors (Lipinski definition) is 5. The number of carbonyl (C=O) groups is 1. The van der Waals surface area contributed by atoms with Gasteiger partial charge in [-0.2, -0.15) is 13.5 Å². The number of halogens is 1. The molecule has 1 aliphatic heterocycles. The second-order valence-corrected chi connectivity index (χ2v) is 10.6. The number of carbonyl (C=O) groups excluding carboxylic acids is 1. The third kappa shape index (κ3) is 5.92. The molecular formula is C23H33FN4O4S. The Kier molecular flexibility index (Phi) is 7.79. The van der Waals surface area contributed by atoms with E-state index in [1.54, 1.807) is 13.2 Å². The van der Waals surface area contributed by atoms with Crippen molar-refractivity contribution in [2.45, 2.75) is 64.8 Å². The highest BCUT2D eigenvalue weighted by Crippen LogP contribution is 2.30. The molecule has 0 bridgehead atoms. The van der Waals surface area contributed by atoms with E-state index in [9.17, 15) is 17.6 Å². The van der Waals surface area contributed by atoms with Crippen LogP contribution in [0.2, 0.25) is 0 Å². The molecule has 1 saturated heterocycles. The van der Waals surface area contributed by atoms with Crippen LogP contribution in [0.3, 0.4) is 0 Å². The molecule has 0 radical (unpaired) electrons. The minimum atomic E-state index is -4.20. The van der Waals surface area contributed by atoms with E-state index in [1.165, 1.54) is 27.3 Å². The highest BCUT2D eigenvalue weighted by Gasteiger charge is 2.34. The Morgan fingerprint density at radius 2 is 1.79 bits per heavy atom. The summed E-state index contributed by atoms with van der Waals surface area (Å²) in [5, 5.41) is 4.09. The number of hydrogen-bond donors (Lipinski definition) is 1. The van der Waals surface area contributed by atoms with Crippen molar-refractivity contribution < 1.29 is 22.3 Å². The summed E-state index contributed by atoms with van der Waals surface area (Å²) in [5.74, 6) is -1.06. The molecule has 1 N–H and O–H groups in total. The molecule has 2 aromatic rings. The molecular weight excluding hydrogens is 447 g/mol. The monoisotopic (exact) mass is 480 g/mol. The Balaban J connectivity index is 1.91. The van der Waals surface area contributed by atoms with E-state index >= 15 is 0 Å². The second kappa shape index (κ2) is 10.2. The molecule has 0 saturated carbocycles. The molecule has 0 unspecified atom stereocenters. The fourth-order valence-electron chi connectivity index (χ4n) is 4.29. The van der Waals surface area contributed by atoms with Crippen molar-refractivity contribution in [2.24, 2.45) is 7.05 Å². The molecule has 182 valence electrons. The molecule has 1 aromatic heterocycles.